The van der Waals surface area contributed by atoms with Crippen LogP contribution in [0.1, 0.15) is 33.4 Å². The number of ether oxygens (including phenoxy) is 2. The zero-order valence-corrected chi connectivity index (χ0v) is 23.6. The average Bonchev–Trinajstić information content (AvgIpc) is 3.34. The maximum absolute atomic E-state index is 9.43. The molecule has 0 fully saturated rings. The molecule has 0 spiro atoms. The Morgan fingerprint density at radius 3 is 1.97 bits per heavy atom. The van der Waals surface area contributed by atoms with E-state index in [1.165, 1.54) is 11.1 Å². The molecule has 200 valence electrons. The van der Waals surface area contributed by atoms with Crippen LogP contribution < -0.4 is 9.47 Å². The lowest BCUT2D eigenvalue weighted by Gasteiger charge is -2.12. The van der Waals surface area contributed by atoms with Gasteiger partial charge in [-0.1, -0.05) is 68.4 Å². The van der Waals surface area contributed by atoms with E-state index in [2.05, 4.69) is 36.3 Å². The fourth-order valence-corrected chi connectivity index (χ4v) is 4.54. The molecule has 0 unspecified atom stereocenters. The van der Waals surface area contributed by atoms with Crippen LogP contribution in [0.25, 0.3) is 22.2 Å². The number of methoxy groups -OCH3 is 2. The van der Waals surface area contributed by atoms with Crippen LogP contribution in [0.5, 0.6) is 11.5 Å². The van der Waals surface area contributed by atoms with Gasteiger partial charge in [0.15, 0.2) is 5.58 Å². The van der Waals surface area contributed by atoms with Crippen molar-refractivity contribution in [2.24, 2.45) is 5.16 Å². The summed E-state index contributed by atoms with van der Waals surface area (Å²) in [5.74, 6) is 1.45. The number of benzene rings is 4. The third-order valence-electron chi connectivity index (χ3n) is 6.32. The molecule has 0 amide bonds. The highest BCUT2D eigenvalue weighted by Crippen LogP contribution is 2.35. The Morgan fingerprint density at radius 1 is 0.744 bits per heavy atom. The summed E-state index contributed by atoms with van der Waals surface area (Å²) in [6.45, 7) is 8.04. The molecule has 0 radical (unpaired) electrons. The number of oxime groups is 1. The Balaban J connectivity index is 0.000000181. The van der Waals surface area contributed by atoms with Gasteiger partial charge < -0.3 is 19.2 Å². The van der Waals surface area contributed by atoms with Crippen LogP contribution in [0.4, 0.5) is 0 Å². The maximum Gasteiger partial charge on any atom is 0.167 e. The Morgan fingerprint density at radius 2 is 1.31 bits per heavy atom. The lowest BCUT2D eigenvalue weighted by Crippen LogP contribution is -2.07. The van der Waals surface area contributed by atoms with Gasteiger partial charge in [0.2, 0.25) is 0 Å². The molecular formula is C32H31ClN2O4. The first-order chi connectivity index (χ1) is 18.7. The summed E-state index contributed by atoms with van der Waals surface area (Å²) in [5, 5.41) is 18.6. The van der Waals surface area contributed by atoms with Gasteiger partial charge in [-0.25, -0.2) is 0 Å². The summed E-state index contributed by atoms with van der Waals surface area (Å²) in [4.78, 5) is 0. The lowest BCUT2D eigenvalue weighted by atomic mass is 9.98. The van der Waals surface area contributed by atoms with Gasteiger partial charge in [-0.15, -0.1) is 0 Å². The quantitative estimate of drug-likeness (QED) is 0.137. The summed E-state index contributed by atoms with van der Waals surface area (Å²) in [5.41, 5.74) is 8.82. The molecule has 1 aromatic heterocycles. The number of nitrogens with zero attached hydrogens (tertiary/aromatic N) is 2. The van der Waals surface area contributed by atoms with Gasteiger partial charge in [-0.2, -0.15) is 0 Å². The highest BCUT2D eigenvalue weighted by Gasteiger charge is 2.17. The number of hydrogen-bond acceptors (Lipinski definition) is 6. The minimum atomic E-state index is 0.402. The van der Waals surface area contributed by atoms with Gasteiger partial charge >= 0.3 is 0 Å². The van der Waals surface area contributed by atoms with Crippen LogP contribution in [0.15, 0.2) is 82.5 Å². The normalized spacial score (nSPS) is 11.2. The predicted molar refractivity (Wildman–Crippen MR) is 157 cm³/mol. The van der Waals surface area contributed by atoms with Crippen LogP contribution in [0.2, 0.25) is 5.02 Å². The fourth-order valence-electron chi connectivity index (χ4n) is 4.33. The summed E-state index contributed by atoms with van der Waals surface area (Å²) in [6.07, 6.45) is 0. The third kappa shape index (κ3) is 6.07. The van der Waals surface area contributed by atoms with Crippen LogP contribution in [0.3, 0.4) is 0 Å². The highest BCUT2D eigenvalue weighted by molar-refractivity contribution is 6.35. The molecule has 0 bridgehead atoms. The number of halogens is 1. The molecule has 39 heavy (non-hydrogen) atoms. The maximum atomic E-state index is 9.43. The van der Waals surface area contributed by atoms with E-state index < -0.39 is 0 Å². The van der Waals surface area contributed by atoms with Crippen molar-refractivity contribution in [1.82, 2.24) is 5.16 Å². The standard InChI is InChI=1S/C16H16ClNO2.C16H15NO2/c1-10-4-6-14(17)12(8-10)16(18-19)13-9-11(2)5-7-15(13)20-3;1-10-4-6-14(18-3)12(8-10)16-13-9-11(2)5-7-15(13)19-17-16/h4-9,19H,1-3H3;4-9H,1-3H3/b18-16-;. The third-order valence-corrected chi connectivity index (χ3v) is 6.65. The van der Waals surface area contributed by atoms with Crippen molar-refractivity contribution in [2.75, 3.05) is 14.2 Å². The summed E-state index contributed by atoms with van der Waals surface area (Å²) >= 11 is 6.22. The van der Waals surface area contributed by atoms with Crippen molar-refractivity contribution in [1.29, 1.82) is 0 Å². The van der Waals surface area contributed by atoms with Gasteiger partial charge in [-0.05, 0) is 76.2 Å². The monoisotopic (exact) mass is 542 g/mol. The van der Waals surface area contributed by atoms with Gasteiger partial charge in [-0.3, -0.25) is 0 Å². The Hall–Kier alpha value is -4.29. The number of hydrogen-bond donors (Lipinski definition) is 1. The SMILES string of the molecule is COc1ccc(C)cc1-c1noc2ccc(C)cc12.COc1ccc(C)cc1/C(=N\O)c1cc(C)ccc1Cl. The van der Waals surface area contributed by atoms with Gasteiger partial charge in [0.1, 0.15) is 22.9 Å². The zero-order chi connectivity index (χ0) is 28.1. The largest absolute Gasteiger partial charge is 0.496 e. The molecule has 1 heterocycles. The van der Waals surface area contributed by atoms with Crippen LogP contribution in [0, 0.1) is 27.7 Å². The highest BCUT2D eigenvalue weighted by atomic mass is 35.5. The molecule has 0 saturated heterocycles. The topological polar surface area (TPSA) is 77.1 Å². The molecule has 0 aliphatic heterocycles. The molecule has 7 heteroatoms. The van der Waals surface area contributed by atoms with E-state index in [-0.39, 0.29) is 0 Å². The first-order valence-corrected chi connectivity index (χ1v) is 12.8. The predicted octanol–water partition coefficient (Wildman–Crippen LogP) is 8.31. The molecule has 5 rings (SSSR count). The first-order valence-electron chi connectivity index (χ1n) is 12.4. The van der Waals surface area contributed by atoms with Crippen molar-refractivity contribution in [3.63, 3.8) is 0 Å². The van der Waals surface area contributed by atoms with Gasteiger partial charge in [0.25, 0.3) is 0 Å². The average molecular weight is 543 g/mol. The second-order valence-electron chi connectivity index (χ2n) is 9.37. The molecule has 0 aliphatic carbocycles. The van der Waals surface area contributed by atoms with E-state index in [1.807, 2.05) is 68.4 Å². The number of aryl methyl sites for hydroxylation is 4. The Bertz CT molecular complexity index is 1660. The Labute approximate surface area is 233 Å². The number of fused-ring (bicyclic) bond motifs is 1. The van der Waals surface area contributed by atoms with E-state index in [1.54, 1.807) is 20.3 Å². The van der Waals surface area contributed by atoms with Crippen molar-refractivity contribution >= 4 is 28.3 Å². The smallest absolute Gasteiger partial charge is 0.167 e. The molecule has 5 aromatic rings. The molecule has 1 N–H and O–H groups in total. The van der Waals surface area contributed by atoms with Gasteiger partial charge in [0.05, 0.1) is 24.6 Å². The summed E-state index contributed by atoms with van der Waals surface area (Å²) in [6, 6.07) is 23.4. The first kappa shape index (κ1) is 27.7. The minimum Gasteiger partial charge on any atom is -0.496 e. The second-order valence-corrected chi connectivity index (χ2v) is 9.78. The Kier molecular flexibility index (Phi) is 8.57. The van der Waals surface area contributed by atoms with E-state index in [0.717, 1.165) is 39.1 Å². The van der Waals surface area contributed by atoms with Crippen molar-refractivity contribution in [3.05, 3.63) is 111 Å². The molecule has 0 atom stereocenters. The molecule has 4 aromatic carbocycles. The summed E-state index contributed by atoms with van der Waals surface area (Å²) in [7, 11) is 3.25. The van der Waals surface area contributed by atoms with E-state index in [4.69, 9.17) is 25.6 Å². The van der Waals surface area contributed by atoms with E-state index in [9.17, 15) is 5.21 Å². The van der Waals surface area contributed by atoms with Crippen molar-refractivity contribution < 1.29 is 19.2 Å². The zero-order valence-electron chi connectivity index (χ0n) is 22.9. The summed E-state index contributed by atoms with van der Waals surface area (Å²) < 4.78 is 16.2. The van der Waals surface area contributed by atoms with E-state index >= 15 is 0 Å². The fraction of sp³-hybridized carbons (Fsp3) is 0.188. The van der Waals surface area contributed by atoms with Crippen LogP contribution in [-0.4, -0.2) is 30.3 Å². The minimum absolute atomic E-state index is 0.402. The lowest BCUT2D eigenvalue weighted by molar-refractivity contribution is 0.319. The molecule has 0 saturated carbocycles. The molecule has 6 nitrogen and oxygen atoms in total. The van der Waals surface area contributed by atoms with Crippen molar-refractivity contribution in [3.8, 4) is 22.8 Å². The number of aromatic nitrogens is 1. The van der Waals surface area contributed by atoms with Gasteiger partial charge in [0, 0.05) is 16.7 Å². The molecule has 0 aliphatic rings. The second kappa shape index (κ2) is 12.0. The van der Waals surface area contributed by atoms with Crippen molar-refractivity contribution in [2.45, 2.75) is 27.7 Å². The molecular weight excluding hydrogens is 512 g/mol. The van der Waals surface area contributed by atoms with Crippen LogP contribution >= 0.6 is 11.6 Å². The van der Waals surface area contributed by atoms with E-state index in [0.29, 0.717) is 27.6 Å². The number of rotatable bonds is 5. The van der Waals surface area contributed by atoms with Crippen LogP contribution in [-0.2, 0) is 0 Å².